The summed E-state index contributed by atoms with van der Waals surface area (Å²) >= 11 is 0. The molecule has 140 valence electrons. The Kier molecular flexibility index (Phi) is 3.43. The normalized spacial score (nSPS) is 25.6. The molecule has 3 aliphatic rings. The number of nitrogens with zero attached hydrogens (tertiary/aromatic N) is 5. The third-order valence-electron chi connectivity index (χ3n) is 6.00. The van der Waals surface area contributed by atoms with E-state index in [1.807, 2.05) is 0 Å². The fourth-order valence-corrected chi connectivity index (χ4v) is 4.81. The quantitative estimate of drug-likeness (QED) is 0.743. The average molecular weight is 375 g/mol. The SMILES string of the molecule is CCC(=O)N1CC2CC1C1C(=O)N(c3ccc(C#N)c4ncccc34)C(=O)N21. The zero-order valence-electron chi connectivity index (χ0n) is 15.2. The average Bonchev–Trinajstić information content (AvgIpc) is 3.38. The number of fused-ring (bicyclic) bond motifs is 6. The molecule has 1 aromatic carbocycles. The lowest BCUT2D eigenvalue weighted by Crippen LogP contribution is -2.54. The van der Waals surface area contributed by atoms with E-state index in [1.165, 1.54) is 4.90 Å². The maximum atomic E-state index is 13.3. The number of rotatable bonds is 2. The van der Waals surface area contributed by atoms with Crippen molar-refractivity contribution in [1.29, 1.82) is 5.26 Å². The molecule has 4 heterocycles. The highest BCUT2D eigenvalue weighted by molar-refractivity contribution is 6.25. The molecule has 3 atom stereocenters. The number of imide groups is 1. The summed E-state index contributed by atoms with van der Waals surface area (Å²) in [6.45, 7) is 2.28. The first-order chi connectivity index (χ1) is 13.6. The molecular formula is C20H17N5O3. The smallest absolute Gasteiger partial charge is 0.332 e. The Balaban J connectivity index is 1.59. The van der Waals surface area contributed by atoms with Crippen LogP contribution in [-0.2, 0) is 9.59 Å². The lowest BCUT2D eigenvalue weighted by Gasteiger charge is -2.34. The van der Waals surface area contributed by atoms with E-state index in [0.29, 0.717) is 41.5 Å². The van der Waals surface area contributed by atoms with Crippen molar-refractivity contribution in [2.45, 2.75) is 37.9 Å². The lowest BCUT2D eigenvalue weighted by atomic mass is 10.1. The van der Waals surface area contributed by atoms with Crippen molar-refractivity contribution in [2.75, 3.05) is 11.4 Å². The Morgan fingerprint density at radius 1 is 1.32 bits per heavy atom. The van der Waals surface area contributed by atoms with Gasteiger partial charge in [0.25, 0.3) is 5.91 Å². The van der Waals surface area contributed by atoms with Crippen LogP contribution in [0.25, 0.3) is 10.9 Å². The van der Waals surface area contributed by atoms with Gasteiger partial charge in [-0.3, -0.25) is 14.6 Å². The van der Waals surface area contributed by atoms with Crippen molar-refractivity contribution in [3.63, 3.8) is 0 Å². The van der Waals surface area contributed by atoms with Crippen LogP contribution in [0.2, 0.25) is 0 Å². The van der Waals surface area contributed by atoms with Gasteiger partial charge in [-0.05, 0) is 30.7 Å². The Bertz CT molecular complexity index is 1090. The number of nitriles is 1. The summed E-state index contributed by atoms with van der Waals surface area (Å²) in [5.41, 5.74) is 1.28. The largest absolute Gasteiger partial charge is 0.335 e. The molecule has 4 amide bonds. The molecule has 1 aromatic heterocycles. The minimum absolute atomic E-state index is 0.0128. The summed E-state index contributed by atoms with van der Waals surface area (Å²) in [7, 11) is 0. The van der Waals surface area contributed by atoms with E-state index in [1.54, 1.807) is 47.2 Å². The van der Waals surface area contributed by atoms with Crippen molar-refractivity contribution < 1.29 is 14.4 Å². The van der Waals surface area contributed by atoms with Crippen LogP contribution in [0.15, 0.2) is 30.5 Å². The van der Waals surface area contributed by atoms with Crippen LogP contribution in [0.4, 0.5) is 10.5 Å². The first-order valence-electron chi connectivity index (χ1n) is 9.30. The maximum absolute atomic E-state index is 13.3. The van der Waals surface area contributed by atoms with Gasteiger partial charge < -0.3 is 9.80 Å². The van der Waals surface area contributed by atoms with Crippen LogP contribution in [-0.4, -0.2) is 57.3 Å². The van der Waals surface area contributed by atoms with Gasteiger partial charge in [-0.2, -0.15) is 5.26 Å². The molecule has 0 spiro atoms. The molecular weight excluding hydrogens is 358 g/mol. The molecule has 0 aliphatic carbocycles. The summed E-state index contributed by atoms with van der Waals surface area (Å²) in [5.74, 6) is -0.306. The summed E-state index contributed by atoms with van der Waals surface area (Å²) < 4.78 is 0. The van der Waals surface area contributed by atoms with Crippen LogP contribution in [0.1, 0.15) is 25.3 Å². The topological polar surface area (TPSA) is 97.6 Å². The van der Waals surface area contributed by atoms with Gasteiger partial charge >= 0.3 is 6.03 Å². The van der Waals surface area contributed by atoms with Crippen molar-refractivity contribution in [1.82, 2.24) is 14.8 Å². The van der Waals surface area contributed by atoms with Gasteiger partial charge in [-0.15, -0.1) is 0 Å². The summed E-state index contributed by atoms with van der Waals surface area (Å²) in [4.78, 5) is 47.5. The van der Waals surface area contributed by atoms with Crippen LogP contribution < -0.4 is 4.90 Å². The van der Waals surface area contributed by atoms with Crippen molar-refractivity contribution in [2.24, 2.45) is 0 Å². The van der Waals surface area contributed by atoms with Crippen molar-refractivity contribution >= 4 is 34.4 Å². The van der Waals surface area contributed by atoms with E-state index in [-0.39, 0.29) is 29.9 Å². The molecule has 8 nitrogen and oxygen atoms in total. The zero-order chi connectivity index (χ0) is 19.6. The minimum Gasteiger partial charge on any atom is -0.335 e. The van der Waals surface area contributed by atoms with E-state index in [2.05, 4.69) is 11.1 Å². The monoisotopic (exact) mass is 375 g/mol. The first kappa shape index (κ1) is 16.7. The van der Waals surface area contributed by atoms with Crippen molar-refractivity contribution in [3.8, 4) is 6.07 Å². The molecule has 3 aliphatic heterocycles. The fourth-order valence-electron chi connectivity index (χ4n) is 4.81. The molecule has 0 saturated carbocycles. The second-order valence-corrected chi connectivity index (χ2v) is 7.31. The predicted molar refractivity (Wildman–Crippen MR) is 99.2 cm³/mol. The number of amides is 4. The number of piperazine rings is 1. The van der Waals surface area contributed by atoms with E-state index in [4.69, 9.17) is 0 Å². The van der Waals surface area contributed by atoms with Crippen molar-refractivity contribution in [3.05, 3.63) is 36.0 Å². The zero-order valence-corrected chi connectivity index (χ0v) is 15.2. The van der Waals surface area contributed by atoms with Crippen LogP contribution >= 0.6 is 0 Å². The van der Waals surface area contributed by atoms with Crippen LogP contribution in [0, 0.1) is 11.3 Å². The first-order valence-corrected chi connectivity index (χ1v) is 9.30. The molecule has 28 heavy (non-hydrogen) atoms. The molecule has 0 radical (unpaired) electrons. The van der Waals surface area contributed by atoms with Gasteiger partial charge in [0, 0.05) is 24.5 Å². The number of carbonyl (C=O) groups excluding carboxylic acids is 3. The highest BCUT2D eigenvalue weighted by Crippen LogP contribution is 2.43. The second kappa shape index (κ2) is 5.76. The second-order valence-electron chi connectivity index (χ2n) is 7.31. The molecule has 8 heteroatoms. The molecule has 2 aromatic rings. The summed E-state index contributed by atoms with van der Waals surface area (Å²) in [6.07, 6.45) is 2.61. The lowest BCUT2D eigenvalue weighted by molar-refractivity contribution is -0.135. The van der Waals surface area contributed by atoms with Gasteiger partial charge in [0.15, 0.2) is 0 Å². The van der Waals surface area contributed by atoms with E-state index < -0.39 is 6.04 Å². The third-order valence-corrected chi connectivity index (χ3v) is 6.00. The third kappa shape index (κ3) is 1.99. The highest BCUT2D eigenvalue weighted by atomic mass is 16.2. The Labute approximate surface area is 160 Å². The van der Waals surface area contributed by atoms with E-state index in [9.17, 15) is 19.6 Å². The number of aromatic nitrogens is 1. The van der Waals surface area contributed by atoms with Gasteiger partial charge in [0.05, 0.1) is 28.9 Å². The number of hydrogen-bond donors (Lipinski definition) is 0. The molecule has 3 unspecified atom stereocenters. The Morgan fingerprint density at radius 2 is 2.14 bits per heavy atom. The standard InChI is InChI=1S/C20H17N5O3/c1-2-16(26)23-10-12-8-15(23)18-19(27)25(20(28)24(12)18)14-6-5-11(9-21)17-13(14)4-3-7-22-17/h3-7,12,15,18H,2,8,10H2,1H3. The minimum atomic E-state index is -0.635. The maximum Gasteiger partial charge on any atom is 0.332 e. The number of likely N-dealkylation sites (tertiary alicyclic amines) is 1. The van der Waals surface area contributed by atoms with Gasteiger partial charge in [-0.1, -0.05) is 6.92 Å². The number of carbonyl (C=O) groups is 3. The molecule has 3 saturated heterocycles. The molecule has 5 rings (SSSR count). The van der Waals surface area contributed by atoms with Gasteiger partial charge in [0.2, 0.25) is 5.91 Å². The summed E-state index contributed by atoms with van der Waals surface area (Å²) in [6, 6.07) is 7.37. The number of urea groups is 1. The number of pyridine rings is 1. The van der Waals surface area contributed by atoms with E-state index in [0.717, 1.165) is 0 Å². The number of anilines is 1. The number of benzene rings is 1. The molecule has 3 fully saturated rings. The summed E-state index contributed by atoms with van der Waals surface area (Å²) in [5, 5.41) is 9.91. The van der Waals surface area contributed by atoms with E-state index >= 15 is 0 Å². The molecule has 0 N–H and O–H groups in total. The fraction of sp³-hybridized carbons (Fsp3) is 0.350. The molecule has 2 bridgehead atoms. The Morgan fingerprint density at radius 3 is 2.89 bits per heavy atom. The van der Waals surface area contributed by atoms with Crippen LogP contribution in [0.3, 0.4) is 0 Å². The van der Waals surface area contributed by atoms with Gasteiger partial charge in [0.1, 0.15) is 12.1 Å². The predicted octanol–water partition coefficient (Wildman–Crippen LogP) is 1.64. The highest BCUT2D eigenvalue weighted by Gasteiger charge is 2.62. The number of hydrogen-bond acceptors (Lipinski definition) is 5. The van der Waals surface area contributed by atoms with Gasteiger partial charge in [-0.25, -0.2) is 9.69 Å². The van der Waals surface area contributed by atoms with Crippen LogP contribution in [0.5, 0.6) is 0 Å². The Hall–Kier alpha value is -3.47.